The molecule has 2 atom stereocenters. The molecule has 1 N–H and O–H groups in total. The molecule has 0 amide bonds. The molecule has 3 rings (SSSR count). The van der Waals surface area contributed by atoms with Gasteiger partial charge < -0.3 is 19.4 Å². The van der Waals surface area contributed by atoms with Crippen molar-refractivity contribution in [3.63, 3.8) is 0 Å². The van der Waals surface area contributed by atoms with Gasteiger partial charge in [0.1, 0.15) is 17.2 Å². The lowest BCUT2D eigenvalue weighted by Crippen LogP contribution is -2.48. The van der Waals surface area contributed by atoms with E-state index < -0.39 is 6.04 Å². The number of rotatable bonds is 5. The van der Waals surface area contributed by atoms with E-state index in [9.17, 15) is 4.79 Å². The highest BCUT2D eigenvalue weighted by atomic mass is 32.2. The summed E-state index contributed by atoms with van der Waals surface area (Å²) in [6.45, 7) is 2.76. The minimum atomic E-state index is -0.421. The van der Waals surface area contributed by atoms with E-state index in [1.807, 2.05) is 47.4 Å². The number of thioether (sulfide) groups is 1. The fourth-order valence-electron chi connectivity index (χ4n) is 2.69. The Hall–Kier alpha value is -1.99. The summed E-state index contributed by atoms with van der Waals surface area (Å²) in [7, 11) is 0. The Kier molecular flexibility index (Phi) is 5.99. The molecule has 1 aliphatic heterocycles. The summed E-state index contributed by atoms with van der Waals surface area (Å²) in [6.07, 6.45) is 1.63. The van der Waals surface area contributed by atoms with Crippen molar-refractivity contribution in [2.24, 2.45) is 0 Å². The Morgan fingerprint density at radius 2 is 2.16 bits per heavy atom. The van der Waals surface area contributed by atoms with Crippen molar-refractivity contribution in [2.75, 3.05) is 12.4 Å². The van der Waals surface area contributed by atoms with Crippen LogP contribution in [0.1, 0.15) is 23.6 Å². The Morgan fingerprint density at radius 3 is 2.84 bits per heavy atom. The molecule has 7 heteroatoms. The molecule has 1 saturated heterocycles. The van der Waals surface area contributed by atoms with Gasteiger partial charge in [-0.15, -0.1) is 11.8 Å². The number of nitrogens with zero attached hydrogens (tertiary/aromatic N) is 1. The SMILES string of the molecule is CCOC(=O)[C@H]1CSC(c2ccco2)N1C(=S)NCc1ccccc1. The molecule has 1 aliphatic rings. The number of nitrogens with one attached hydrogen (secondary N) is 1. The predicted molar refractivity (Wildman–Crippen MR) is 102 cm³/mol. The molecule has 132 valence electrons. The van der Waals surface area contributed by atoms with E-state index in [0.717, 1.165) is 11.3 Å². The number of furan rings is 1. The molecular formula is C18H20N2O3S2. The zero-order chi connectivity index (χ0) is 17.6. The Bertz CT molecular complexity index is 706. The zero-order valence-electron chi connectivity index (χ0n) is 13.9. The number of hydrogen-bond donors (Lipinski definition) is 1. The van der Waals surface area contributed by atoms with Crippen LogP contribution in [0.5, 0.6) is 0 Å². The van der Waals surface area contributed by atoms with Gasteiger partial charge in [-0.1, -0.05) is 30.3 Å². The number of thiocarbonyl (C=S) groups is 1. The standard InChI is InChI=1S/C18H20N2O3S2/c1-2-22-17(21)14-12-25-16(15-9-6-10-23-15)20(14)18(24)19-11-13-7-4-3-5-8-13/h3-10,14,16H,2,11-12H2,1H3,(H,19,24)/t14-,16?/m1/s1. The molecule has 0 saturated carbocycles. The highest BCUT2D eigenvalue weighted by molar-refractivity contribution is 7.99. The highest BCUT2D eigenvalue weighted by Gasteiger charge is 2.42. The van der Waals surface area contributed by atoms with Crippen molar-refractivity contribution < 1.29 is 13.9 Å². The first-order valence-corrected chi connectivity index (χ1v) is 9.58. The van der Waals surface area contributed by atoms with E-state index >= 15 is 0 Å². The number of carbonyl (C=O) groups is 1. The molecule has 1 aromatic heterocycles. The van der Waals surface area contributed by atoms with Crippen LogP contribution in [-0.4, -0.2) is 34.4 Å². The van der Waals surface area contributed by atoms with Crippen LogP contribution in [-0.2, 0) is 16.1 Å². The van der Waals surface area contributed by atoms with E-state index in [1.165, 1.54) is 0 Å². The van der Waals surface area contributed by atoms with E-state index in [-0.39, 0.29) is 11.3 Å². The van der Waals surface area contributed by atoms with Crippen LogP contribution in [0, 0.1) is 0 Å². The van der Waals surface area contributed by atoms with Gasteiger partial charge >= 0.3 is 5.97 Å². The molecular weight excluding hydrogens is 356 g/mol. The van der Waals surface area contributed by atoms with E-state index in [2.05, 4.69) is 5.32 Å². The molecule has 2 aromatic rings. The summed E-state index contributed by atoms with van der Waals surface area (Å²) in [6, 6.07) is 13.3. The lowest BCUT2D eigenvalue weighted by molar-refractivity contribution is -0.147. The van der Waals surface area contributed by atoms with Gasteiger partial charge in [0.25, 0.3) is 0 Å². The number of esters is 1. The lowest BCUT2D eigenvalue weighted by atomic mass is 10.2. The molecule has 0 spiro atoms. The minimum absolute atomic E-state index is 0.139. The zero-order valence-corrected chi connectivity index (χ0v) is 15.5. The average Bonchev–Trinajstić information content (AvgIpc) is 3.29. The third-order valence-corrected chi connectivity index (χ3v) is 5.51. The third-order valence-electron chi connectivity index (χ3n) is 3.87. The molecule has 1 unspecified atom stereocenters. The number of ether oxygens (including phenoxy) is 1. The van der Waals surface area contributed by atoms with Crippen LogP contribution in [0.3, 0.4) is 0 Å². The Morgan fingerprint density at radius 1 is 1.36 bits per heavy atom. The molecule has 1 aromatic carbocycles. The van der Waals surface area contributed by atoms with Crippen molar-refractivity contribution in [3.05, 3.63) is 60.1 Å². The first kappa shape index (κ1) is 17.8. The highest BCUT2D eigenvalue weighted by Crippen LogP contribution is 2.41. The smallest absolute Gasteiger partial charge is 0.329 e. The summed E-state index contributed by atoms with van der Waals surface area (Å²) < 4.78 is 10.8. The minimum Gasteiger partial charge on any atom is -0.466 e. The largest absolute Gasteiger partial charge is 0.466 e. The summed E-state index contributed by atoms with van der Waals surface area (Å²) in [5, 5.41) is 3.64. The second kappa shape index (κ2) is 8.40. The average molecular weight is 377 g/mol. The topological polar surface area (TPSA) is 54.7 Å². The molecule has 0 radical (unpaired) electrons. The van der Waals surface area contributed by atoms with Gasteiger partial charge in [0.15, 0.2) is 5.11 Å². The molecule has 0 aliphatic carbocycles. The first-order valence-electron chi connectivity index (χ1n) is 8.12. The van der Waals surface area contributed by atoms with Gasteiger partial charge in [-0.3, -0.25) is 0 Å². The van der Waals surface area contributed by atoms with Crippen LogP contribution in [0.15, 0.2) is 53.1 Å². The fourth-order valence-corrected chi connectivity index (χ4v) is 4.43. The molecule has 5 nitrogen and oxygen atoms in total. The van der Waals surface area contributed by atoms with E-state index in [0.29, 0.717) is 24.0 Å². The lowest BCUT2D eigenvalue weighted by Gasteiger charge is -2.29. The van der Waals surface area contributed by atoms with Gasteiger partial charge in [0, 0.05) is 12.3 Å². The van der Waals surface area contributed by atoms with E-state index in [1.54, 1.807) is 24.9 Å². The maximum absolute atomic E-state index is 12.4. The first-order chi connectivity index (χ1) is 12.2. The Labute approximate surface area is 156 Å². The van der Waals surface area contributed by atoms with Crippen LogP contribution in [0.2, 0.25) is 0 Å². The van der Waals surface area contributed by atoms with Crippen LogP contribution >= 0.6 is 24.0 Å². The second-order valence-corrected chi connectivity index (χ2v) is 7.02. The maximum Gasteiger partial charge on any atom is 0.329 e. The quantitative estimate of drug-likeness (QED) is 0.634. The molecule has 0 bridgehead atoms. The van der Waals surface area contributed by atoms with Gasteiger partial charge in [-0.05, 0) is 36.8 Å². The number of carbonyl (C=O) groups excluding carboxylic acids is 1. The normalized spacial score (nSPS) is 19.6. The van der Waals surface area contributed by atoms with Crippen molar-refractivity contribution in [1.82, 2.24) is 10.2 Å². The molecule has 2 heterocycles. The van der Waals surface area contributed by atoms with Gasteiger partial charge in [-0.2, -0.15) is 0 Å². The molecule has 25 heavy (non-hydrogen) atoms. The van der Waals surface area contributed by atoms with Crippen LogP contribution in [0.4, 0.5) is 0 Å². The van der Waals surface area contributed by atoms with Crippen molar-refractivity contribution >= 4 is 35.1 Å². The van der Waals surface area contributed by atoms with Gasteiger partial charge in [-0.25, -0.2) is 4.79 Å². The Balaban J connectivity index is 1.75. The van der Waals surface area contributed by atoms with Crippen molar-refractivity contribution in [3.8, 4) is 0 Å². The third kappa shape index (κ3) is 4.16. The second-order valence-electron chi connectivity index (χ2n) is 5.52. The monoisotopic (exact) mass is 376 g/mol. The van der Waals surface area contributed by atoms with Crippen LogP contribution in [0.25, 0.3) is 0 Å². The molecule has 1 fully saturated rings. The maximum atomic E-state index is 12.4. The number of hydrogen-bond acceptors (Lipinski definition) is 5. The van der Waals surface area contributed by atoms with Gasteiger partial charge in [0.05, 0.1) is 12.9 Å². The van der Waals surface area contributed by atoms with Gasteiger partial charge in [0.2, 0.25) is 0 Å². The van der Waals surface area contributed by atoms with Crippen LogP contribution < -0.4 is 5.32 Å². The summed E-state index contributed by atoms with van der Waals surface area (Å²) in [5.41, 5.74) is 1.12. The van der Waals surface area contributed by atoms with Crippen molar-refractivity contribution in [1.29, 1.82) is 0 Å². The fraction of sp³-hybridized carbons (Fsp3) is 0.333. The number of benzene rings is 1. The van der Waals surface area contributed by atoms with E-state index in [4.69, 9.17) is 21.4 Å². The van der Waals surface area contributed by atoms with Crippen molar-refractivity contribution in [2.45, 2.75) is 24.9 Å². The summed E-state index contributed by atoms with van der Waals surface area (Å²) in [4.78, 5) is 14.2. The summed E-state index contributed by atoms with van der Waals surface area (Å²) >= 11 is 7.22. The summed E-state index contributed by atoms with van der Waals surface area (Å²) in [5.74, 6) is 1.13. The predicted octanol–water partition coefficient (Wildman–Crippen LogP) is 3.33.